The van der Waals surface area contributed by atoms with Crippen LogP contribution in [0.3, 0.4) is 0 Å². The molecule has 1 aliphatic rings. The summed E-state index contributed by atoms with van der Waals surface area (Å²) in [7, 11) is 0. The predicted molar refractivity (Wildman–Crippen MR) is 80.2 cm³/mol. The van der Waals surface area contributed by atoms with Crippen LogP contribution in [0.15, 0.2) is 24.3 Å². The summed E-state index contributed by atoms with van der Waals surface area (Å²) >= 11 is 0.826. The SMILES string of the molecule is Cc1ccc(NC(=O)CSC(=O)N[C@H]2CCOC2=O)cc1. The Balaban J connectivity index is 1.72. The average Bonchev–Trinajstić information content (AvgIpc) is 2.85. The van der Waals surface area contributed by atoms with Crippen LogP contribution in [0.2, 0.25) is 0 Å². The van der Waals surface area contributed by atoms with E-state index in [0.29, 0.717) is 18.7 Å². The number of esters is 1. The zero-order valence-electron chi connectivity index (χ0n) is 11.5. The van der Waals surface area contributed by atoms with Crippen LogP contribution < -0.4 is 10.6 Å². The minimum atomic E-state index is -0.592. The van der Waals surface area contributed by atoms with Gasteiger partial charge in [0, 0.05) is 12.1 Å². The Morgan fingerprint density at radius 2 is 2.05 bits per heavy atom. The van der Waals surface area contributed by atoms with Gasteiger partial charge in [-0.1, -0.05) is 29.5 Å². The Kier molecular flexibility index (Phi) is 5.21. The molecule has 0 unspecified atom stereocenters. The van der Waals surface area contributed by atoms with Gasteiger partial charge in [0.1, 0.15) is 6.04 Å². The number of benzene rings is 1. The molecular formula is C14H16N2O4S. The van der Waals surface area contributed by atoms with Crippen LogP contribution in [0.1, 0.15) is 12.0 Å². The lowest BCUT2D eigenvalue weighted by Gasteiger charge is -2.08. The molecule has 2 rings (SSSR count). The predicted octanol–water partition coefficient (Wildman–Crippen LogP) is 1.69. The molecule has 1 aromatic rings. The summed E-state index contributed by atoms with van der Waals surface area (Å²) in [4.78, 5) is 34.5. The number of carbonyl (C=O) groups excluding carboxylic acids is 3. The van der Waals surface area contributed by atoms with Crippen LogP contribution in [0.25, 0.3) is 0 Å². The molecule has 0 bridgehead atoms. The Morgan fingerprint density at radius 3 is 2.67 bits per heavy atom. The van der Waals surface area contributed by atoms with Gasteiger partial charge in [-0.25, -0.2) is 4.79 Å². The molecule has 0 saturated carbocycles. The van der Waals surface area contributed by atoms with E-state index >= 15 is 0 Å². The van der Waals surface area contributed by atoms with Crippen LogP contribution in [0.4, 0.5) is 10.5 Å². The normalized spacial score (nSPS) is 17.2. The van der Waals surface area contributed by atoms with Gasteiger partial charge < -0.3 is 15.4 Å². The van der Waals surface area contributed by atoms with E-state index in [1.165, 1.54) is 0 Å². The number of aryl methyl sites for hydroxylation is 1. The highest BCUT2D eigenvalue weighted by molar-refractivity contribution is 8.14. The van der Waals surface area contributed by atoms with Crippen LogP contribution in [-0.4, -0.2) is 35.5 Å². The van der Waals surface area contributed by atoms with Crippen molar-refractivity contribution in [1.29, 1.82) is 0 Å². The van der Waals surface area contributed by atoms with Crippen LogP contribution >= 0.6 is 11.8 Å². The molecule has 0 spiro atoms. The molecule has 0 aromatic heterocycles. The summed E-state index contributed by atoms with van der Waals surface area (Å²) in [6, 6.07) is 6.78. The minimum absolute atomic E-state index is 0.0124. The molecule has 1 atom stereocenters. The summed E-state index contributed by atoms with van der Waals surface area (Å²) in [6.45, 7) is 2.28. The van der Waals surface area contributed by atoms with Crippen molar-refractivity contribution in [2.24, 2.45) is 0 Å². The molecular weight excluding hydrogens is 292 g/mol. The highest BCUT2D eigenvalue weighted by Gasteiger charge is 2.28. The number of amides is 2. The van der Waals surface area contributed by atoms with Crippen molar-refractivity contribution in [3.63, 3.8) is 0 Å². The van der Waals surface area contributed by atoms with E-state index in [9.17, 15) is 14.4 Å². The number of ether oxygens (including phenoxy) is 1. The van der Waals surface area contributed by atoms with Gasteiger partial charge in [0.05, 0.1) is 12.4 Å². The first-order valence-corrected chi connectivity index (χ1v) is 7.49. The Labute approximate surface area is 126 Å². The van der Waals surface area contributed by atoms with Crippen molar-refractivity contribution in [2.45, 2.75) is 19.4 Å². The molecule has 0 aliphatic carbocycles. The van der Waals surface area contributed by atoms with E-state index < -0.39 is 17.3 Å². The van der Waals surface area contributed by atoms with Gasteiger partial charge in [-0.15, -0.1) is 0 Å². The number of hydrogen-bond acceptors (Lipinski definition) is 5. The first kappa shape index (κ1) is 15.4. The minimum Gasteiger partial charge on any atom is -0.464 e. The topological polar surface area (TPSA) is 84.5 Å². The summed E-state index contributed by atoms with van der Waals surface area (Å²) < 4.78 is 4.74. The van der Waals surface area contributed by atoms with Gasteiger partial charge in [-0.05, 0) is 19.1 Å². The van der Waals surface area contributed by atoms with Crippen molar-refractivity contribution >= 4 is 34.6 Å². The molecule has 1 aliphatic heterocycles. The third-order valence-corrected chi connectivity index (χ3v) is 3.68. The number of nitrogens with one attached hydrogen (secondary N) is 2. The lowest BCUT2D eigenvalue weighted by atomic mass is 10.2. The molecule has 1 fully saturated rings. The molecule has 112 valence electrons. The molecule has 21 heavy (non-hydrogen) atoms. The summed E-state index contributed by atoms with van der Waals surface area (Å²) in [5.41, 5.74) is 1.79. The van der Waals surface area contributed by atoms with Gasteiger partial charge in [0.15, 0.2) is 0 Å². The fraction of sp³-hybridized carbons (Fsp3) is 0.357. The Hall–Kier alpha value is -2.02. The highest BCUT2D eigenvalue weighted by Crippen LogP contribution is 2.12. The van der Waals surface area contributed by atoms with Crippen molar-refractivity contribution in [1.82, 2.24) is 5.32 Å². The van der Waals surface area contributed by atoms with E-state index in [1.54, 1.807) is 12.1 Å². The van der Waals surface area contributed by atoms with Crippen molar-refractivity contribution in [3.05, 3.63) is 29.8 Å². The Morgan fingerprint density at radius 1 is 1.33 bits per heavy atom. The van der Waals surface area contributed by atoms with Gasteiger partial charge in [0.2, 0.25) is 5.91 Å². The fourth-order valence-corrected chi connectivity index (χ4v) is 2.34. The molecule has 0 radical (unpaired) electrons. The third-order valence-electron chi connectivity index (χ3n) is 2.90. The average molecular weight is 308 g/mol. The number of carbonyl (C=O) groups is 3. The van der Waals surface area contributed by atoms with Gasteiger partial charge in [-0.2, -0.15) is 0 Å². The molecule has 1 heterocycles. The Bertz CT molecular complexity index is 544. The fourth-order valence-electron chi connectivity index (χ4n) is 1.78. The van der Waals surface area contributed by atoms with Gasteiger partial charge in [-0.3, -0.25) is 9.59 Å². The van der Waals surface area contributed by atoms with Gasteiger partial charge in [0.25, 0.3) is 5.24 Å². The molecule has 6 nitrogen and oxygen atoms in total. The number of rotatable bonds is 4. The van der Waals surface area contributed by atoms with Crippen LogP contribution in [0, 0.1) is 6.92 Å². The molecule has 2 N–H and O–H groups in total. The zero-order chi connectivity index (χ0) is 15.2. The van der Waals surface area contributed by atoms with E-state index in [2.05, 4.69) is 10.6 Å². The van der Waals surface area contributed by atoms with Crippen LogP contribution in [0.5, 0.6) is 0 Å². The van der Waals surface area contributed by atoms with E-state index in [0.717, 1.165) is 17.3 Å². The second-order valence-electron chi connectivity index (χ2n) is 4.64. The molecule has 1 saturated heterocycles. The molecule has 2 amide bonds. The van der Waals surface area contributed by atoms with E-state index in [-0.39, 0.29) is 11.7 Å². The number of thioether (sulfide) groups is 1. The largest absolute Gasteiger partial charge is 0.464 e. The summed E-state index contributed by atoms with van der Waals surface area (Å²) in [5, 5.41) is 4.82. The zero-order valence-corrected chi connectivity index (χ0v) is 12.4. The lowest BCUT2D eigenvalue weighted by Crippen LogP contribution is -2.36. The number of cyclic esters (lactones) is 1. The summed E-state index contributed by atoms with van der Waals surface area (Å²) in [6.07, 6.45) is 0.473. The second-order valence-corrected chi connectivity index (χ2v) is 5.59. The maximum absolute atomic E-state index is 11.7. The van der Waals surface area contributed by atoms with Gasteiger partial charge >= 0.3 is 5.97 Å². The first-order valence-electron chi connectivity index (χ1n) is 6.51. The summed E-state index contributed by atoms with van der Waals surface area (Å²) in [5.74, 6) is -0.706. The quantitative estimate of drug-likeness (QED) is 0.827. The maximum atomic E-state index is 11.7. The van der Waals surface area contributed by atoms with Crippen LogP contribution in [-0.2, 0) is 14.3 Å². The number of hydrogen-bond donors (Lipinski definition) is 2. The molecule has 1 aromatic carbocycles. The van der Waals surface area contributed by atoms with Crippen molar-refractivity contribution < 1.29 is 19.1 Å². The van der Waals surface area contributed by atoms with E-state index in [1.807, 2.05) is 19.1 Å². The van der Waals surface area contributed by atoms with Crippen molar-refractivity contribution in [3.8, 4) is 0 Å². The monoisotopic (exact) mass is 308 g/mol. The number of anilines is 1. The maximum Gasteiger partial charge on any atom is 0.328 e. The standard InChI is InChI=1S/C14H16N2O4S/c1-9-2-4-10(5-3-9)15-12(17)8-21-14(19)16-11-6-7-20-13(11)18/h2-5,11H,6-8H2,1H3,(H,15,17)(H,16,19)/t11-/m0/s1. The first-order chi connectivity index (χ1) is 10.0. The third kappa shape index (κ3) is 4.78. The smallest absolute Gasteiger partial charge is 0.328 e. The van der Waals surface area contributed by atoms with Crippen molar-refractivity contribution in [2.75, 3.05) is 17.7 Å². The highest BCUT2D eigenvalue weighted by atomic mass is 32.2. The second kappa shape index (κ2) is 7.12. The lowest BCUT2D eigenvalue weighted by molar-refractivity contribution is -0.139. The van der Waals surface area contributed by atoms with E-state index in [4.69, 9.17) is 4.74 Å². The molecule has 7 heteroatoms.